The number of carbonyl (C=O) groups excluding carboxylic acids is 1. The van der Waals surface area contributed by atoms with Crippen LogP contribution in [0.4, 0.5) is 0 Å². The van der Waals surface area contributed by atoms with Crippen molar-refractivity contribution in [2.24, 2.45) is 85.8 Å². The molecule has 6 aliphatic heterocycles. The van der Waals surface area contributed by atoms with E-state index < -0.39 is 11.9 Å². The number of ether oxygens (including phenoxy) is 10. The summed E-state index contributed by atoms with van der Waals surface area (Å²) in [5, 5.41) is 18.0. The Labute approximate surface area is 644 Å². The van der Waals surface area contributed by atoms with Crippen molar-refractivity contribution in [3.05, 3.63) is 36.5 Å². The molecule has 2 N–H and O–H groups in total. The van der Waals surface area contributed by atoms with Crippen LogP contribution in [-0.4, -0.2) is 203 Å². The van der Waals surface area contributed by atoms with Crippen LogP contribution in [0, 0.1) is 85.8 Å². The molecule has 0 aromatic heterocycles. The molecule has 0 aromatic rings. The molecular formula is C89H145N3O15. The number of likely N-dealkylation sites (tertiary alicyclic amines) is 3. The van der Waals surface area contributed by atoms with Crippen LogP contribution in [0.3, 0.4) is 0 Å². The first-order chi connectivity index (χ1) is 51.4. The highest BCUT2D eigenvalue weighted by Crippen LogP contribution is 2.67. The second-order valence-corrected chi connectivity index (χ2v) is 38.6. The molecule has 15 rings (SSSR count). The Balaban J connectivity index is 0.000000142. The number of allylic oxidation sites excluding steroid dienone is 3. The maximum atomic E-state index is 11.8. The van der Waals surface area contributed by atoms with E-state index >= 15 is 0 Å². The molecule has 0 amide bonds. The Hall–Kier alpha value is -2.85. The standard InChI is InChI=1S/C31H51NO5.2C29H47NO5/c1-5-34-28(33)20-32-17-13-24(14-18-32)35-19-15-25-22(2)10-11-26-30(25,3)16-12-27-31(26,4)21-36-29(37-27)23-8-6-7-9-23;2*1-20-8-9-24-28(2,23(20)13-17-33-22-11-15-30(16-12-22)18-26(31)32)14-10-25-29(24,3)19-34-27(35-25)21-6-4-5-7-21/h23-27,29H,2,5-21H2,1,3-4H3;2*21-25,27H,1,4-19H2,2-3H3,(H,31,32)/t25-,26?,27-,29-,30+,31+;2*23-,24?,25-,27-,28+,29+/m111/s1. The molecule has 0 spiro atoms. The number of carboxylic acid groups (broad SMARTS) is 2. The zero-order valence-corrected chi connectivity index (χ0v) is 67.7. The molecule has 18 nitrogen and oxygen atoms in total. The van der Waals surface area contributed by atoms with Crippen LogP contribution in [0.1, 0.15) is 260 Å². The molecule has 606 valence electrons. The summed E-state index contributed by atoms with van der Waals surface area (Å²) < 4.78 is 63.8. The van der Waals surface area contributed by atoms with Gasteiger partial charge >= 0.3 is 17.9 Å². The van der Waals surface area contributed by atoms with Crippen molar-refractivity contribution in [2.75, 3.05) is 105 Å². The van der Waals surface area contributed by atoms with Crippen molar-refractivity contribution in [3.8, 4) is 0 Å². The van der Waals surface area contributed by atoms with E-state index in [0.717, 1.165) is 175 Å². The van der Waals surface area contributed by atoms with Crippen molar-refractivity contribution >= 4 is 17.9 Å². The van der Waals surface area contributed by atoms with Crippen molar-refractivity contribution in [1.29, 1.82) is 0 Å². The van der Waals surface area contributed by atoms with Crippen LogP contribution in [0.15, 0.2) is 36.5 Å². The van der Waals surface area contributed by atoms with E-state index in [1.54, 1.807) is 0 Å². The van der Waals surface area contributed by atoms with Gasteiger partial charge in [-0.15, -0.1) is 0 Å². The van der Waals surface area contributed by atoms with Gasteiger partial charge in [-0.2, -0.15) is 0 Å². The first-order valence-electron chi connectivity index (χ1n) is 43.9. The third kappa shape index (κ3) is 18.3. The smallest absolute Gasteiger partial charge is 0.320 e. The van der Waals surface area contributed by atoms with Gasteiger partial charge < -0.3 is 57.6 Å². The molecule has 6 saturated heterocycles. The Bertz CT molecular complexity index is 2840. The van der Waals surface area contributed by atoms with Gasteiger partial charge in [-0.05, 0) is 232 Å². The molecule has 107 heavy (non-hydrogen) atoms. The highest BCUT2D eigenvalue weighted by Gasteiger charge is 2.64. The number of carbonyl (C=O) groups is 3. The van der Waals surface area contributed by atoms with Gasteiger partial charge in [-0.3, -0.25) is 29.1 Å². The van der Waals surface area contributed by atoms with Crippen LogP contribution in [-0.2, 0) is 61.8 Å². The number of nitrogens with zero attached hydrogens (tertiary/aromatic N) is 3. The number of rotatable bonds is 22. The highest BCUT2D eigenvalue weighted by molar-refractivity contribution is 5.71. The lowest BCUT2D eigenvalue weighted by molar-refractivity contribution is -0.316. The van der Waals surface area contributed by atoms with E-state index in [-0.39, 0.29) is 82.6 Å². The van der Waals surface area contributed by atoms with Crippen molar-refractivity contribution in [3.63, 3.8) is 0 Å². The largest absolute Gasteiger partial charge is 0.480 e. The lowest BCUT2D eigenvalue weighted by Crippen LogP contribution is -2.62. The average Bonchev–Trinajstić information content (AvgIpc) is 1.43. The van der Waals surface area contributed by atoms with Crippen molar-refractivity contribution < 1.29 is 72.0 Å². The van der Waals surface area contributed by atoms with Crippen LogP contribution in [0.2, 0.25) is 0 Å². The summed E-state index contributed by atoms with van der Waals surface area (Å²) in [7, 11) is 0. The monoisotopic (exact) mass is 1500 g/mol. The van der Waals surface area contributed by atoms with E-state index in [9.17, 15) is 14.4 Å². The van der Waals surface area contributed by atoms with Gasteiger partial charge in [0.05, 0.1) is 82.7 Å². The fourth-order valence-corrected chi connectivity index (χ4v) is 26.1. The van der Waals surface area contributed by atoms with Gasteiger partial charge in [0.2, 0.25) is 0 Å². The zero-order chi connectivity index (χ0) is 75.3. The van der Waals surface area contributed by atoms with Gasteiger partial charge in [0.15, 0.2) is 18.9 Å². The maximum absolute atomic E-state index is 11.8. The first kappa shape index (κ1) is 82.1. The number of piperidine rings is 3. The minimum atomic E-state index is -0.741. The summed E-state index contributed by atoms with van der Waals surface area (Å²) >= 11 is 0. The minimum Gasteiger partial charge on any atom is -0.480 e. The van der Waals surface area contributed by atoms with Crippen LogP contribution < -0.4 is 0 Å². The zero-order valence-electron chi connectivity index (χ0n) is 67.7. The fourth-order valence-electron chi connectivity index (χ4n) is 26.1. The predicted molar refractivity (Wildman–Crippen MR) is 414 cm³/mol. The lowest BCUT2D eigenvalue weighted by Gasteiger charge is -2.63. The molecule has 0 bridgehead atoms. The summed E-state index contributed by atoms with van der Waals surface area (Å²) in [6, 6.07) is 0. The highest BCUT2D eigenvalue weighted by atomic mass is 16.7. The van der Waals surface area contributed by atoms with Crippen LogP contribution in [0.25, 0.3) is 0 Å². The topological polar surface area (TPSA) is 194 Å². The summed E-state index contributed by atoms with van der Waals surface area (Å²) in [5.41, 5.74) is 5.18. The number of fused-ring (bicyclic) bond motifs is 9. The van der Waals surface area contributed by atoms with E-state index in [2.05, 4.69) is 66.2 Å². The van der Waals surface area contributed by atoms with Crippen LogP contribution in [0.5, 0.6) is 0 Å². The molecule has 9 aliphatic carbocycles. The molecular weight excluding hydrogens is 1350 g/mol. The lowest BCUT2D eigenvalue weighted by atomic mass is 9.46. The summed E-state index contributed by atoms with van der Waals surface area (Å²) in [4.78, 5) is 39.9. The number of carboxylic acids is 2. The molecule has 3 unspecified atom stereocenters. The van der Waals surface area contributed by atoms with Gasteiger partial charge in [0.1, 0.15) is 0 Å². The summed E-state index contributed by atoms with van der Waals surface area (Å²) in [5.74, 6) is 3.45. The SMILES string of the molecule is C=C1CCC2[C@]3(C)CO[C@@H](C4CCCC4)O[C@@H]3CC[C@@]2(C)[C@@H]1CCOC1CCN(CC(=O)O)CC1.C=C1CCC2[C@]3(C)CO[C@@H](C4CCCC4)O[C@@H]3CC[C@@]2(C)[C@@H]1CCOC1CCN(CC(=O)O)CC1.C=C1CCC2[C@]3(C)CO[C@@H](C4CCCC4)O[C@@H]3CC[C@@]2(C)[C@@H]1CCOC1CCN(CC(=O)OCC)CC1. The van der Waals surface area contributed by atoms with E-state index in [4.69, 9.17) is 57.6 Å². The van der Waals surface area contributed by atoms with Crippen molar-refractivity contribution in [2.45, 2.75) is 316 Å². The maximum Gasteiger partial charge on any atom is 0.320 e. The number of hydrogen-bond donors (Lipinski definition) is 2. The molecule has 18 atom stereocenters. The summed E-state index contributed by atoms with van der Waals surface area (Å²) in [6.07, 6.45) is 40.1. The van der Waals surface area contributed by atoms with Gasteiger partial charge in [0, 0.05) is 93.1 Å². The molecule has 18 heteroatoms. The Morgan fingerprint density at radius 3 is 0.953 bits per heavy atom. The van der Waals surface area contributed by atoms with Gasteiger partial charge in [-0.25, -0.2) is 0 Å². The second-order valence-electron chi connectivity index (χ2n) is 38.6. The van der Waals surface area contributed by atoms with Crippen molar-refractivity contribution in [1.82, 2.24) is 14.7 Å². The summed E-state index contributed by atoms with van der Waals surface area (Å²) in [6.45, 7) is 41.5. The first-order valence-corrected chi connectivity index (χ1v) is 43.9. The molecule has 0 aromatic carbocycles. The molecule has 6 heterocycles. The van der Waals surface area contributed by atoms with E-state index in [1.165, 1.54) is 132 Å². The molecule has 15 aliphatic rings. The number of esters is 1. The minimum absolute atomic E-state index is 0.0181. The number of aliphatic carboxylic acids is 2. The third-order valence-electron chi connectivity index (χ3n) is 32.1. The number of hydrogen-bond acceptors (Lipinski definition) is 16. The van der Waals surface area contributed by atoms with Crippen LogP contribution >= 0.6 is 0 Å². The van der Waals surface area contributed by atoms with E-state index in [1.807, 2.05) is 16.7 Å². The van der Waals surface area contributed by atoms with E-state index in [0.29, 0.717) is 90.8 Å². The quantitative estimate of drug-likeness (QED) is 0.0767. The Morgan fingerprint density at radius 1 is 0.402 bits per heavy atom. The molecule has 0 radical (unpaired) electrons. The normalized spacial score (nSPS) is 40.9. The molecule has 15 fully saturated rings. The molecule has 9 saturated carbocycles. The fraction of sp³-hybridized carbons (Fsp3) is 0.899. The second kappa shape index (κ2) is 35.9. The van der Waals surface area contributed by atoms with Gasteiger partial charge in [0.25, 0.3) is 0 Å². The average molecular weight is 1500 g/mol. The predicted octanol–water partition coefficient (Wildman–Crippen LogP) is 16.3. The Kier molecular flexibility index (Phi) is 27.6. The Morgan fingerprint density at radius 2 is 0.682 bits per heavy atom. The third-order valence-corrected chi connectivity index (χ3v) is 32.1. The van der Waals surface area contributed by atoms with Gasteiger partial charge in [-0.1, -0.05) is 117 Å².